The summed E-state index contributed by atoms with van der Waals surface area (Å²) >= 11 is 0. The number of hydrogen-bond acceptors (Lipinski definition) is 6. The third kappa shape index (κ3) is 4.88. The van der Waals surface area contributed by atoms with E-state index in [0.29, 0.717) is 23.9 Å². The minimum Gasteiger partial charge on any atom is -0.493 e. The van der Waals surface area contributed by atoms with E-state index in [1.807, 2.05) is 0 Å². The number of nitrogens with one attached hydrogen (secondary N) is 1. The topological polar surface area (TPSA) is 52.2 Å². The maximum absolute atomic E-state index is 5.68. The van der Waals surface area contributed by atoms with E-state index in [-0.39, 0.29) is 12.4 Å². The quantitative estimate of drug-likeness (QED) is 0.534. The molecule has 4 atom stereocenters. The molecular weight excluding hydrogens is 476 g/mol. The number of nitrogens with zero attached hydrogens (tertiary/aromatic N) is 1. The van der Waals surface area contributed by atoms with E-state index in [4.69, 9.17) is 18.9 Å². The Bertz CT molecular complexity index is 1060. The molecule has 1 N–H and O–H groups in total. The summed E-state index contributed by atoms with van der Waals surface area (Å²) in [5.41, 5.74) is 5.60. The molecule has 2 aromatic rings. The molecule has 36 heavy (non-hydrogen) atoms. The Morgan fingerprint density at radius 3 is 2.00 bits per heavy atom. The zero-order chi connectivity index (χ0) is 24.5. The molecule has 6 nitrogen and oxygen atoms in total. The van der Waals surface area contributed by atoms with Crippen molar-refractivity contribution >= 4 is 12.4 Å². The summed E-state index contributed by atoms with van der Waals surface area (Å²) in [7, 11) is 6.90. The van der Waals surface area contributed by atoms with Crippen molar-refractivity contribution in [1.29, 1.82) is 0 Å². The highest BCUT2D eigenvalue weighted by molar-refractivity contribution is 5.85. The van der Waals surface area contributed by atoms with Crippen molar-refractivity contribution in [3.8, 4) is 23.0 Å². The van der Waals surface area contributed by atoms with Gasteiger partial charge in [-0.2, -0.15) is 0 Å². The molecule has 0 aliphatic carbocycles. The number of ether oxygens (including phenoxy) is 4. The normalized spacial score (nSPS) is 25.0. The molecule has 0 radical (unpaired) electrons. The van der Waals surface area contributed by atoms with Crippen molar-refractivity contribution in [2.45, 2.75) is 51.1 Å². The van der Waals surface area contributed by atoms with Gasteiger partial charge in [0.15, 0.2) is 23.0 Å². The molecule has 0 amide bonds. The molecule has 7 heteroatoms. The van der Waals surface area contributed by atoms with Crippen molar-refractivity contribution in [3.63, 3.8) is 0 Å². The van der Waals surface area contributed by atoms with Gasteiger partial charge in [0, 0.05) is 25.2 Å². The van der Waals surface area contributed by atoms with Gasteiger partial charge in [0.25, 0.3) is 0 Å². The van der Waals surface area contributed by atoms with Gasteiger partial charge in [-0.1, -0.05) is 13.3 Å². The zero-order valence-corrected chi connectivity index (χ0v) is 23.1. The van der Waals surface area contributed by atoms with E-state index >= 15 is 0 Å². The molecule has 0 saturated carbocycles. The van der Waals surface area contributed by atoms with Crippen LogP contribution >= 0.6 is 12.4 Å². The van der Waals surface area contributed by atoms with Crippen molar-refractivity contribution in [3.05, 3.63) is 46.5 Å². The van der Waals surface area contributed by atoms with Crippen LogP contribution in [0.4, 0.5) is 0 Å². The van der Waals surface area contributed by atoms with Gasteiger partial charge in [-0.05, 0) is 90.6 Å². The highest BCUT2D eigenvalue weighted by Crippen LogP contribution is 2.48. The van der Waals surface area contributed by atoms with E-state index < -0.39 is 0 Å². The smallest absolute Gasteiger partial charge is 0.161 e. The lowest BCUT2D eigenvalue weighted by atomic mass is 9.72. The van der Waals surface area contributed by atoms with Crippen LogP contribution in [-0.4, -0.2) is 53.0 Å². The summed E-state index contributed by atoms with van der Waals surface area (Å²) in [6.07, 6.45) is 5.65. The molecule has 0 aromatic heterocycles. The van der Waals surface area contributed by atoms with Crippen LogP contribution in [0.3, 0.4) is 0 Å². The first kappa shape index (κ1) is 26.9. The number of fused-ring (bicyclic) bond motifs is 4. The van der Waals surface area contributed by atoms with Crippen LogP contribution in [0.5, 0.6) is 23.0 Å². The Morgan fingerprint density at radius 2 is 1.39 bits per heavy atom. The molecule has 2 aromatic carbocycles. The van der Waals surface area contributed by atoms with Crippen molar-refractivity contribution < 1.29 is 18.9 Å². The second kappa shape index (κ2) is 11.5. The lowest BCUT2D eigenvalue weighted by molar-refractivity contribution is 0.0434. The Kier molecular flexibility index (Phi) is 8.59. The highest BCUT2D eigenvalue weighted by atomic mass is 35.5. The number of rotatable bonds is 7. The second-order valence-electron chi connectivity index (χ2n) is 10.2. The van der Waals surface area contributed by atoms with Crippen LogP contribution in [0.15, 0.2) is 24.3 Å². The molecule has 5 rings (SSSR count). The van der Waals surface area contributed by atoms with Crippen molar-refractivity contribution in [2.75, 3.05) is 48.1 Å². The van der Waals surface area contributed by atoms with Gasteiger partial charge in [0.1, 0.15) is 0 Å². The Morgan fingerprint density at radius 1 is 0.806 bits per heavy atom. The van der Waals surface area contributed by atoms with Gasteiger partial charge in [0.2, 0.25) is 0 Å². The van der Waals surface area contributed by atoms with Crippen molar-refractivity contribution in [2.24, 2.45) is 11.8 Å². The molecule has 0 spiro atoms. The first-order chi connectivity index (χ1) is 17.1. The second-order valence-corrected chi connectivity index (χ2v) is 10.2. The Labute approximate surface area is 222 Å². The summed E-state index contributed by atoms with van der Waals surface area (Å²) < 4.78 is 22.5. The van der Waals surface area contributed by atoms with Crippen LogP contribution in [0, 0.1) is 11.8 Å². The van der Waals surface area contributed by atoms with Gasteiger partial charge < -0.3 is 24.3 Å². The van der Waals surface area contributed by atoms with E-state index in [1.165, 1.54) is 41.6 Å². The largest absolute Gasteiger partial charge is 0.493 e. The van der Waals surface area contributed by atoms with Crippen LogP contribution in [0.1, 0.15) is 60.5 Å². The van der Waals surface area contributed by atoms with E-state index in [2.05, 4.69) is 41.4 Å². The zero-order valence-electron chi connectivity index (χ0n) is 22.3. The number of benzene rings is 2. The number of hydrogen-bond donors (Lipinski definition) is 1. The summed E-state index contributed by atoms with van der Waals surface area (Å²) in [6.45, 7) is 5.66. The summed E-state index contributed by atoms with van der Waals surface area (Å²) in [5.74, 6) is 4.69. The molecule has 3 aliphatic rings. The summed E-state index contributed by atoms with van der Waals surface area (Å²) in [4.78, 5) is 2.72. The fourth-order valence-electron chi connectivity index (χ4n) is 6.74. The molecule has 0 bridgehead atoms. The lowest BCUT2D eigenvalue weighted by Gasteiger charge is -2.48. The average molecular weight is 517 g/mol. The number of halogens is 1. The maximum Gasteiger partial charge on any atom is 0.161 e. The van der Waals surface area contributed by atoms with Gasteiger partial charge in [-0.25, -0.2) is 0 Å². The van der Waals surface area contributed by atoms with Crippen LogP contribution in [0.2, 0.25) is 0 Å². The molecule has 3 aliphatic heterocycles. The molecule has 1 saturated heterocycles. The predicted molar refractivity (Wildman–Crippen MR) is 145 cm³/mol. The van der Waals surface area contributed by atoms with E-state index in [0.717, 1.165) is 55.4 Å². The molecular formula is C29H41ClN2O4. The third-order valence-corrected chi connectivity index (χ3v) is 8.64. The van der Waals surface area contributed by atoms with Crippen LogP contribution < -0.4 is 24.3 Å². The van der Waals surface area contributed by atoms with Gasteiger partial charge >= 0.3 is 0 Å². The minimum absolute atomic E-state index is 0. The highest BCUT2D eigenvalue weighted by Gasteiger charge is 2.40. The fourth-order valence-corrected chi connectivity index (χ4v) is 6.74. The van der Waals surface area contributed by atoms with Gasteiger partial charge in [0.05, 0.1) is 28.4 Å². The first-order valence-electron chi connectivity index (χ1n) is 13.1. The molecule has 3 heterocycles. The monoisotopic (exact) mass is 516 g/mol. The molecule has 0 unspecified atom stereocenters. The van der Waals surface area contributed by atoms with Gasteiger partial charge in [-0.15, -0.1) is 12.4 Å². The number of methoxy groups -OCH3 is 4. The molecule has 1 fully saturated rings. The Hall–Kier alpha value is -2.15. The third-order valence-electron chi connectivity index (χ3n) is 8.64. The first-order valence-corrected chi connectivity index (χ1v) is 13.1. The minimum atomic E-state index is 0. The standard InChI is InChI=1S/C29H40N2O4.ClH/c1-6-18-17-31-10-8-20-14-27(33-3)29(35-5)16-23(20)25(31)12-21(18)11-24-22-15-28(34-4)26(32-2)13-19(22)7-9-30-24;/h13-16,18,21,24-25,30H,6-12,17H2,1-5H3;1H/t18-,21-,24-,25-;/m0./s1. The summed E-state index contributed by atoms with van der Waals surface area (Å²) in [6, 6.07) is 9.61. The number of piperidine rings is 1. The van der Waals surface area contributed by atoms with Crippen LogP contribution in [-0.2, 0) is 12.8 Å². The SMILES string of the molecule is CC[C@H]1CN2CCc3cc(OC)c(OC)cc3[C@@H]2C[C@@H]1C[C@@H]1NCCc2cc(OC)c(OC)cc21.Cl. The Balaban J connectivity index is 0.00000304. The molecule has 198 valence electrons. The van der Waals surface area contributed by atoms with Gasteiger partial charge in [-0.3, -0.25) is 4.90 Å². The van der Waals surface area contributed by atoms with E-state index in [9.17, 15) is 0 Å². The van der Waals surface area contributed by atoms with Crippen LogP contribution in [0.25, 0.3) is 0 Å². The average Bonchev–Trinajstić information content (AvgIpc) is 2.91. The fraction of sp³-hybridized carbons (Fsp3) is 0.586. The predicted octanol–water partition coefficient (Wildman–Crippen LogP) is 5.37. The van der Waals surface area contributed by atoms with Crippen molar-refractivity contribution in [1.82, 2.24) is 10.2 Å². The summed E-state index contributed by atoms with van der Waals surface area (Å²) in [5, 5.41) is 3.83. The lowest BCUT2D eigenvalue weighted by Crippen LogP contribution is -2.46. The van der Waals surface area contributed by atoms with E-state index in [1.54, 1.807) is 28.4 Å². The maximum atomic E-state index is 5.68.